The van der Waals surface area contributed by atoms with Crippen LogP contribution in [0.4, 0.5) is 0 Å². The number of carbonyl (C=O) groups is 4. The van der Waals surface area contributed by atoms with Gasteiger partial charge in [0, 0.05) is 6.42 Å². The standard InChI is InChI=1S/C28H40N4O5/c1-6-8-10-18(4)23-15-24(33)31-22(14-20-11-9-12-21(13-20)16-29)27(35)30-19(5)26(34)32-25(17(3)7-2)28(36)37-23/h9,11-13,17-19,22-23,25H,6-8,10,14-15H2,1-5H3,(H,30,35)(H,31,33)(H,32,34)/t17-,18-,19-,22-,23+,25+/m0/s1. The van der Waals surface area contributed by atoms with Gasteiger partial charge in [0.05, 0.1) is 18.1 Å². The van der Waals surface area contributed by atoms with Crippen LogP contribution >= 0.6 is 0 Å². The predicted octanol–water partition coefficient (Wildman–Crippen LogP) is 2.76. The van der Waals surface area contributed by atoms with E-state index < -0.39 is 47.9 Å². The van der Waals surface area contributed by atoms with Gasteiger partial charge in [0.25, 0.3) is 0 Å². The average molecular weight is 513 g/mol. The van der Waals surface area contributed by atoms with Crippen molar-refractivity contribution >= 4 is 23.7 Å². The number of rotatable bonds is 8. The lowest BCUT2D eigenvalue weighted by Crippen LogP contribution is -2.55. The second-order valence-corrected chi connectivity index (χ2v) is 10.0. The quantitative estimate of drug-likeness (QED) is 0.458. The molecule has 0 unspecified atom stereocenters. The molecule has 202 valence electrons. The Hall–Kier alpha value is -3.41. The van der Waals surface area contributed by atoms with Crippen molar-refractivity contribution in [1.82, 2.24) is 16.0 Å². The zero-order valence-electron chi connectivity index (χ0n) is 22.5. The van der Waals surface area contributed by atoms with Gasteiger partial charge in [-0.1, -0.05) is 59.1 Å². The Morgan fingerprint density at radius 1 is 1.05 bits per heavy atom. The number of unbranched alkanes of at least 4 members (excludes halogenated alkanes) is 1. The van der Waals surface area contributed by atoms with E-state index in [-0.39, 0.29) is 24.7 Å². The molecule has 9 nitrogen and oxygen atoms in total. The molecule has 1 aliphatic heterocycles. The Kier molecular flexibility index (Phi) is 11.6. The number of esters is 1. The van der Waals surface area contributed by atoms with E-state index in [1.807, 2.05) is 20.8 Å². The fourth-order valence-corrected chi connectivity index (χ4v) is 4.27. The van der Waals surface area contributed by atoms with Crippen LogP contribution in [0.1, 0.15) is 77.8 Å². The van der Waals surface area contributed by atoms with E-state index in [9.17, 15) is 24.4 Å². The van der Waals surface area contributed by atoms with Crippen LogP contribution in [0, 0.1) is 23.2 Å². The topological polar surface area (TPSA) is 137 Å². The first kappa shape index (κ1) is 29.8. The maximum Gasteiger partial charge on any atom is 0.329 e. The number of nitrogens with zero attached hydrogens (tertiary/aromatic N) is 1. The SMILES string of the molecule is CCCC[C@H](C)[C@H]1CC(=O)N[C@@H](Cc2cccc(C#N)c2)C(=O)N[C@@H](C)C(=O)N[C@H]([C@@H](C)CC)C(=O)O1. The second kappa shape index (κ2) is 14.4. The van der Waals surface area contributed by atoms with E-state index in [1.165, 1.54) is 6.92 Å². The van der Waals surface area contributed by atoms with Crippen molar-refractivity contribution in [2.75, 3.05) is 0 Å². The van der Waals surface area contributed by atoms with E-state index in [2.05, 4.69) is 28.9 Å². The van der Waals surface area contributed by atoms with Crippen molar-refractivity contribution < 1.29 is 23.9 Å². The first-order valence-electron chi connectivity index (χ1n) is 13.2. The van der Waals surface area contributed by atoms with Crippen molar-refractivity contribution in [3.63, 3.8) is 0 Å². The molecule has 1 fully saturated rings. The van der Waals surface area contributed by atoms with Crippen molar-refractivity contribution in [3.05, 3.63) is 35.4 Å². The van der Waals surface area contributed by atoms with Crippen LogP contribution in [-0.4, -0.2) is 47.9 Å². The van der Waals surface area contributed by atoms with Crippen LogP contribution < -0.4 is 16.0 Å². The summed E-state index contributed by atoms with van der Waals surface area (Å²) in [5.41, 5.74) is 1.13. The third kappa shape index (κ3) is 8.88. The zero-order chi connectivity index (χ0) is 27.5. The van der Waals surface area contributed by atoms with Crippen LogP contribution in [0.5, 0.6) is 0 Å². The summed E-state index contributed by atoms with van der Waals surface area (Å²) in [5, 5.41) is 17.4. The third-order valence-corrected chi connectivity index (χ3v) is 6.97. The zero-order valence-corrected chi connectivity index (χ0v) is 22.5. The molecular weight excluding hydrogens is 472 g/mol. The number of hydrogen-bond donors (Lipinski definition) is 3. The molecular formula is C28H40N4O5. The molecule has 1 aromatic rings. The van der Waals surface area contributed by atoms with E-state index >= 15 is 0 Å². The molecule has 2 rings (SSSR count). The summed E-state index contributed by atoms with van der Waals surface area (Å²) in [5.74, 6) is -2.34. The highest BCUT2D eigenvalue weighted by Gasteiger charge is 2.35. The molecule has 1 saturated heterocycles. The molecule has 1 aliphatic rings. The Morgan fingerprint density at radius 3 is 2.43 bits per heavy atom. The Labute approximate surface area is 219 Å². The normalized spacial score (nSPS) is 25.1. The Bertz CT molecular complexity index is 1000. The number of hydrogen-bond acceptors (Lipinski definition) is 6. The van der Waals surface area contributed by atoms with Gasteiger partial charge < -0.3 is 20.7 Å². The first-order chi connectivity index (χ1) is 17.6. The number of cyclic esters (lactones) is 1. The predicted molar refractivity (Wildman–Crippen MR) is 139 cm³/mol. The van der Waals surface area contributed by atoms with Gasteiger partial charge >= 0.3 is 5.97 Å². The van der Waals surface area contributed by atoms with Crippen molar-refractivity contribution in [2.24, 2.45) is 11.8 Å². The summed E-state index contributed by atoms with van der Waals surface area (Å²) in [6.45, 7) is 9.29. The molecule has 0 aromatic heterocycles. The molecule has 0 bridgehead atoms. The van der Waals surface area contributed by atoms with Gasteiger partial charge in [-0.15, -0.1) is 0 Å². The summed E-state index contributed by atoms with van der Waals surface area (Å²) in [6.07, 6.45) is 2.60. The molecule has 0 saturated carbocycles. The molecule has 0 radical (unpaired) electrons. The lowest BCUT2D eigenvalue weighted by Gasteiger charge is -2.29. The highest BCUT2D eigenvalue weighted by atomic mass is 16.5. The van der Waals surface area contributed by atoms with Crippen LogP contribution in [0.2, 0.25) is 0 Å². The lowest BCUT2D eigenvalue weighted by molar-refractivity contribution is -0.158. The van der Waals surface area contributed by atoms with Crippen molar-refractivity contribution in [3.8, 4) is 6.07 Å². The number of nitrogens with one attached hydrogen (secondary N) is 3. The minimum absolute atomic E-state index is 0.0911. The van der Waals surface area contributed by atoms with Gasteiger partial charge in [-0.25, -0.2) is 4.79 Å². The van der Waals surface area contributed by atoms with Crippen molar-refractivity contribution in [1.29, 1.82) is 5.26 Å². The van der Waals surface area contributed by atoms with E-state index in [1.54, 1.807) is 24.3 Å². The van der Waals surface area contributed by atoms with Gasteiger partial charge in [0.2, 0.25) is 17.7 Å². The minimum Gasteiger partial charge on any atom is -0.460 e. The van der Waals surface area contributed by atoms with Gasteiger partial charge in [-0.2, -0.15) is 5.26 Å². The van der Waals surface area contributed by atoms with Crippen LogP contribution in [0.25, 0.3) is 0 Å². The third-order valence-electron chi connectivity index (χ3n) is 6.97. The van der Waals surface area contributed by atoms with E-state index in [0.29, 0.717) is 17.5 Å². The summed E-state index contributed by atoms with van der Waals surface area (Å²) in [7, 11) is 0. The Balaban J connectivity index is 2.40. The summed E-state index contributed by atoms with van der Waals surface area (Å²) in [6, 6.07) is 6.04. The largest absolute Gasteiger partial charge is 0.460 e. The minimum atomic E-state index is -0.981. The summed E-state index contributed by atoms with van der Waals surface area (Å²) < 4.78 is 5.87. The number of benzene rings is 1. The van der Waals surface area contributed by atoms with E-state index in [4.69, 9.17) is 4.74 Å². The van der Waals surface area contributed by atoms with Crippen LogP contribution in [0.15, 0.2) is 24.3 Å². The summed E-state index contributed by atoms with van der Waals surface area (Å²) >= 11 is 0. The maximum atomic E-state index is 13.2. The molecule has 0 spiro atoms. The Morgan fingerprint density at radius 2 is 1.78 bits per heavy atom. The molecule has 1 aromatic carbocycles. The maximum absolute atomic E-state index is 13.2. The summed E-state index contributed by atoms with van der Waals surface area (Å²) in [4.78, 5) is 52.5. The molecule has 6 atom stereocenters. The highest BCUT2D eigenvalue weighted by Crippen LogP contribution is 2.21. The number of carbonyl (C=O) groups excluding carboxylic acids is 4. The molecule has 37 heavy (non-hydrogen) atoms. The molecule has 1 heterocycles. The molecule has 0 aliphatic carbocycles. The fraction of sp³-hybridized carbons (Fsp3) is 0.607. The van der Waals surface area contributed by atoms with Crippen LogP contribution in [0.3, 0.4) is 0 Å². The first-order valence-corrected chi connectivity index (χ1v) is 13.2. The highest BCUT2D eigenvalue weighted by molar-refractivity contribution is 5.94. The number of nitriles is 1. The van der Waals surface area contributed by atoms with E-state index in [0.717, 1.165) is 19.3 Å². The van der Waals surface area contributed by atoms with Crippen molar-refractivity contribution in [2.45, 2.75) is 97.4 Å². The fourth-order valence-electron chi connectivity index (χ4n) is 4.27. The van der Waals surface area contributed by atoms with Gasteiger partial charge in [-0.05, 0) is 42.9 Å². The average Bonchev–Trinajstić information content (AvgIpc) is 2.88. The van der Waals surface area contributed by atoms with Gasteiger partial charge in [-0.3, -0.25) is 14.4 Å². The monoisotopic (exact) mass is 512 g/mol. The molecule has 9 heteroatoms. The van der Waals surface area contributed by atoms with Crippen LogP contribution in [-0.2, 0) is 30.3 Å². The van der Waals surface area contributed by atoms with Gasteiger partial charge in [0.1, 0.15) is 24.2 Å². The lowest BCUT2D eigenvalue weighted by atomic mass is 9.94. The molecule has 3 amide bonds. The molecule has 3 N–H and O–H groups in total. The number of amides is 3. The smallest absolute Gasteiger partial charge is 0.329 e. The van der Waals surface area contributed by atoms with Gasteiger partial charge in [0.15, 0.2) is 0 Å². The second-order valence-electron chi connectivity index (χ2n) is 10.0. The number of ether oxygens (including phenoxy) is 1.